The first-order chi connectivity index (χ1) is 11.9. The third-order valence-corrected chi connectivity index (χ3v) is 6.41. The smallest absolute Gasteiger partial charge is 0.317 e. The predicted octanol–water partition coefficient (Wildman–Crippen LogP) is 3.40. The molecule has 0 radical (unpaired) electrons. The van der Waals surface area contributed by atoms with Gasteiger partial charge in [-0.2, -0.15) is 0 Å². The Hall–Kier alpha value is -2.04. The molecule has 1 aromatic rings. The number of rotatable bonds is 2. The SMILES string of the molecule is CC1(C)CCC2CC(NC(=O)N3CCC(C(=O)O)C3)c3cccc1c32. The van der Waals surface area contributed by atoms with Crippen molar-refractivity contribution >= 4 is 12.0 Å². The number of nitrogens with one attached hydrogen (secondary N) is 1. The first-order valence-corrected chi connectivity index (χ1v) is 9.28. The monoisotopic (exact) mass is 342 g/mol. The van der Waals surface area contributed by atoms with Crippen molar-refractivity contribution in [1.29, 1.82) is 0 Å². The second-order valence-corrected chi connectivity index (χ2v) is 8.44. The molecule has 1 fully saturated rings. The lowest BCUT2D eigenvalue weighted by atomic mass is 9.69. The van der Waals surface area contributed by atoms with Crippen LogP contribution in [0.2, 0.25) is 0 Å². The molecule has 1 heterocycles. The van der Waals surface area contributed by atoms with Crippen molar-refractivity contribution < 1.29 is 14.7 Å². The maximum absolute atomic E-state index is 12.6. The van der Waals surface area contributed by atoms with Crippen molar-refractivity contribution in [1.82, 2.24) is 10.2 Å². The zero-order chi connectivity index (χ0) is 17.8. The summed E-state index contributed by atoms with van der Waals surface area (Å²) < 4.78 is 0. The van der Waals surface area contributed by atoms with Crippen LogP contribution in [-0.2, 0) is 10.2 Å². The van der Waals surface area contributed by atoms with Gasteiger partial charge in [0.05, 0.1) is 12.0 Å². The molecule has 0 saturated carbocycles. The summed E-state index contributed by atoms with van der Waals surface area (Å²) in [7, 11) is 0. The van der Waals surface area contributed by atoms with Crippen LogP contribution < -0.4 is 5.32 Å². The van der Waals surface area contributed by atoms with Crippen molar-refractivity contribution in [3.05, 3.63) is 34.9 Å². The molecule has 3 unspecified atom stereocenters. The molecule has 4 rings (SSSR count). The Morgan fingerprint density at radius 2 is 2.08 bits per heavy atom. The van der Waals surface area contributed by atoms with Gasteiger partial charge in [0.1, 0.15) is 0 Å². The number of carboxylic acids is 1. The van der Waals surface area contributed by atoms with E-state index in [1.165, 1.54) is 29.5 Å². The number of carbonyl (C=O) groups excluding carboxylic acids is 1. The van der Waals surface area contributed by atoms with Gasteiger partial charge < -0.3 is 15.3 Å². The first-order valence-electron chi connectivity index (χ1n) is 9.28. The third kappa shape index (κ3) is 2.70. The minimum absolute atomic E-state index is 0.0465. The van der Waals surface area contributed by atoms with Crippen LogP contribution >= 0.6 is 0 Å². The average molecular weight is 342 g/mol. The molecule has 1 aliphatic heterocycles. The van der Waals surface area contributed by atoms with Gasteiger partial charge in [-0.3, -0.25) is 4.79 Å². The number of hydrogen-bond acceptors (Lipinski definition) is 2. The lowest BCUT2D eigenvalue weighted by Gasteiger charge is -2.35. The maximum Gasteiger partial charge on any atom is 0.317 e. The summed E-state index contributed by atoms with van der Waals surface area (Å²) in [4.78, 5) is 25.4. The van der Waals surface area contributed by atoms with E-state index in [4.69, 9.17) is 5.11 Å². The van der Waals surface area contributed by atoms with Crippen molar-refractivity contribution in [2.24, 2.45) is 5.92 Å². The van der Waals surface area contributed by atoms with Gasteiger partial charge in [0.2, 0.25) is 0 Å². The average Bonchev–Trinajstić information content (AvgIpc) is 3.18. The first kappa shape index (κ1) is 16.4. The number of aliphatic carboxylic acids is 1. The molecule has 2 aliphatic carbocycles. The Kier molecular flexibility index (Phi) is 3.78. The molecule has 0 bridgehead atoms. The Morgan fingerprint density at radius 3 is 2.80 bits per heavy atom. The van der Waals surface area contributed by atoms with Crippen LogP contribution in [-0.4, -0.2) is 35.1 Å². The fraction of sp³-hybridized carbons (Fsp3) is 0.600. The van der Waals surface area contributed by atoms with Crippen LogP contribution in [0.25, 0.3) is 0 Å². The second-order valence-electron chi connectivity index (χ2n) is 8.44. The molecule has 0 spiro atoms. The molecule has 1 aromatic carbocycles. The van der Waals surface area contributed by atoms with Crippen LogP contribution in [0.4, 0.5) is 4.79 Å². The van der Waals surface area contributed by atoms with Gasteiger partial charge in [0.25, 0.3) is 0 Å². The fourth-order valence-electron chi connectivity index (χ4n) is 4.92. The van der Waals surface area contributed by atoms with Gasteiger partial charge >= 0.3 is 12.0 Å². The Bertz CT molecular complexity index is 728. The van der Waals surface area contributed by atoms with E-state index in [0.717, 1.165) is 6.42 Å². The number of amides is 2. The highest BCUT2D eigenvalue weighted by Crippen LogP contribution is 2.52. The molecule has 3 atom stereocenters. The van der Waals surface area contributed by atoms with Crippen LogP contribution in [0.3, 0.4) is 0 Å². The lowest BCUT2D eigenvalue weighted by Crippen LogP contribution is -2.40. The summed E-state index contributed by atoms with van der Waals surface area (Å²) in [5, 5.41) is 12.3. The minimum Gasteiger partial charge on any atom is -0.481 e. The van der Waals surface area contributed by atoms with Crippen molar-refractivity contribution in [2.45, 2.75) is 56.9 Å². The number of benzene rings is 1. The largest absolute Gasteiger partial charge is 0.481 e. The summed E-state index contributed by atoms with van der Waals surface area (Å²) in [5.74, 6) is -0.696. The number of urea groups is 1. The van der Waals surface area contributed by atoms with Crippen LogP contribution in [0.1, 0.15) is 68.2 Å². The Morgan fingerprint density at radius 1 is 1.28 bits per heavy atom. The van der Waals surface area contributed by atoms with E-state index in [1.54, 1.807) is 4.90 Å². The number of likely N-dealkylation sites (tertiary alicyclic amines) is 1. The second kappa shape index (κ2) is 5.75. The Labute approximate surface area is 148 Å². The molecule has 5 heteroatoms. The number of carboxylic acid groups (broad SMARTS) is 1. The number of nitrogens with zero attached hydrogens (tertiary/aromatic N) is 1. The summed E-state index contributed by atoms with van der Waals surface area (Å²) >= 11 is 0. The molecule has 5 nitrogen and oxygen atoms in total. The lowest BCUT2D eigenvalue weighted by molar-refractivity contribution is -0.141. The number of hydrogen-bond donors (Lipinski definition) is 2. The molecule has 3 aliphatic rings. The summed E-state index contributed by atoms with van der Waals surface area (Å²) in [5.41, 5.74) is 4.35. The van der Waals surface area contributed by atoms with E-state index in [0.29, 0.717) is 25.4 Å². The van der Waals surface area contributed by atoms with Gasteiger partial charge in [-0.15, -0.1) is 0 Å². The molecule has 0 aromatic heterocycles. The van der Waals surface area contributed by atoms with E-state index in [2.05, 4.69) is 37.4 Å². The fourth-order valence-corrected chi connectivity index (χ4v) is 4.92. The predicted molar refractivity (Wildman–Crippen MR) is 94.6 cm³/mol. The highest BCUT2D eigenvalue weighted by molar-refractivity contribution is 5.78. The molecular weight excluding hydrogens is 316 g/mol. The van der Waals surface area contributed by atoms with Gasteiger partial charge in [0.15, 0.2) is 0 Å². The standard InChI is InChI=1S/C20H26N2O3/c1-20(2)8-6-12-10-16(14-4-3-5-15(20)17(12)14)21-19(25)22-9-7-13(11-22)18(23)24/h3-5,12-13,16H,6-11H2,1-2H3,(H,21,25)(H,23,24). The van der Waals surface area contributed by atoms with Gasteiger partial charge in [-0.25, -0.2) is 4.79 Å². The Balaban J connectivity index is 1.53. The third-order valence-electron chi connectivity index (χ3n) is 6.41. The number of carbonyl (C=O) groups is 2. The quantitative estimate of drug-likeness (QED) is 0.865. The van der Waals surface area contributed by atoms with E-state index in [9.17, 15) is 9.59 Å². The molecule has 1 saturated heterocycles. The van der Waals surface area contributed by atoms with Crippen molar-refractivity contribution in [3.63, 3.8) is 0 Å². The highest BCUT2D eigenvalue weighted by atomic mass is 16.4. The highest BCUT2D eigenvalue weighted by Gasteiger charge is 2.41. The summed E-state index contributed by atoms with van der Waals surface area (Å²) in [6.45, 7) is 5.46. The zero-order valence-electron chi connectivity index (χ0n) is 14.9. The normalized spacial score (nSPS) is 29.4. The molecule has 25 heavy (non-hydrogen) atoms. The maximum atomic E-state index is 12.6. The minimum atomic E-state index is -0.806. The molecule has 134 valence electrons. The molecular formula is C20H26N2O3. The summed E-state index contributed by atoms with van der Waals surface area (Å²) in [6, 6.07) is 6.43. The van der Waals surface area contributed by atoms with Gasteiger partial charge in [-0.1, -0.05) is 32.0 Å². The molecule has 2 N–H and O–H groups in total. The van der Waals surface area contributed by atoms with Crippen molar-refractivity contribution in [3.8, 4) is 0 Å². The van der Waals surface area contributed by atoms with Crippen LogP contribution in [0.5, 0.6) is 0 Å². The van der Waals surface area contributed by atoms with Gasteiger partial charge in [-0.05, 0) is 53.7 Å². The van der Waals surface area contributed by atoms with Crippen LogP contribution in [0.15, 0.2) is 18.2 Å². The summed E-state index contributed by atoms with van der Waals surface area (Å²) in [6.07, 6.45) is 3.87. The van der Waals surface area contributed by atoms with E-state index in [-0.39, 0.29) is 17.5 Å². The van der Waals surface area contributed by atoms with E-state index in [1.807, 2.05) is 0 Å². The van der Waals surface area contributed by atoms with Crippen molar-refractivity contribution in [2.75, 3.05) is 13.1 Å². The van der Waals surface area contributed by atoms with E-state index >= 15 is 0 Å². The van der Waals surface area contributed by atoms with Crippen LogP contribution in [0, 0.1) is 5.92 Å². The van der Waals surface area contributed by atoms with E-state index < -0.39 is 11.9 Å². The zero-order valence-corrected chi connectivity index (χ0v) is 14.9. The topological polar surface area (TPSA) is 69.6 Å². The van der Waals surface area contributed by atoms with Gasteiger partial charge in [0, 0.05) is 13.1 Å². The molecule has 2 amide bonds.